The van der Waals surface area contributed by atoms with E-state index in [9.17, 15) is 18.4 Å². The molecule has 0 aliphatic rings. The maximum atomic E-state index is 13.2. The highest BCUT2D eigenvalue weighted by Crippen LogP contribution is 2.13. The van der Waals surface area contributed by atoms with Gasteiger partial charge in [-0.25, -0.2) is 18.7 Å². The van der Waals surface area contributed by atoms with Crippen LogP contribution in [0.2, 0.25) is 0 Å². The Bertz CT molecular complexity index is 1070. The van der Waals surface area contributed by atoms with Crippen LogP contribution in [0.5, 0.6) is 0 Å². The van der Waals surface area contributed by atoms with E-state index in [0.717, 1.165) is 23.8 Å². The normalized spacial score (nSPS) is 10.6. The first-order valence-corrected chi connectivity index (χ1v) is 8.55. The number of hydrogen-bond donors (Lipinski definition) is 3. The minimum Gasteiger partial charge on any atom is -0.382 e. The second-order valence-corrected chi connectivity index (χ2v) is 6.30. The molecular formula is C20H17F2N5O2. The lowest BCUT2D eigenvalue weighted by Crippen LogP contribution is -2.23. The van der Waals surface area contributed by atoms with E-state index in [-0.39, 0.29) is 18.1 Å². The summed E-state index contributed by atoms with van der Waals surface area (Å²) in [4.78, 5) is 31.7. The van der Waals surface area contributed by atoms with Gasteiger partial charge in [0.15, 0.2) is 11.5 Å². The van der Waals surface area contributed by atoms with Gasteiger partial charge in [-0.15, -0.1) is 0 Å². The van der Waals surface area contributed by atoms with Crippen LogP contribution >= 0.6 is 0 Å². The fourth-order valence-electron chi connectivity index (χ4n) is 2.73. The number of nitrogens with two attached hydrogens (primary N) is 2. The molecule has 3 rings (SSSR count). The number of primary amides is 1. The third kappa shape index (κ3) is 5.10. The van der Waals surface area contributed by atoms with Crippen molar-refractivity contribution >= 4 is 17.6 Å². The van der Waals surface area contributed by atoms with Crippen molar-refractivity contribution in [3.63, 3.8) is 0 Å². The Morgan fingerprint density at radius 3 is 2.45 bits per heavy atom. The molecule has 0 radical (unpaired) electrons. The van der Waals surface area contributed by atoms with Crippen molar-refractivity contribution in [3.05, 3.63) is 88.4 Å². The zero-order valence-electron chi connectivity index (χ0n) is 15.2. The molecule has 0 saturated heterocycles. The van der Waals surface area contributed by atoms with Crippen LogP contribution in [0.4, 0.5) is 14.6 Å². The average Bonchev–Trinajstić information content (AvgIpc) is 2.67. The maximum Gasteiger partial charge on any atom is 0.271 e. The van der Waals surface area contributed by atoms with Gasteiger partial charge in [0.2, 0.25) is 0 Å². The zero-order valence-corrected chi connectivity index (χ0v) is 15.2. The summed E-state index contributed by atoms with van der Waals surface area (Å²) in [6.45, 7) is -0.0247. The quantitative estimate of drug-likeness (QED) is 0.587. The first kappa shape index (κ1) is 19.9. The molecule has 9 heteroatoms. The number of carbonyl (C=O) groups is 2. The minimum atomic E-state index is -0.779. The summed E-state index contributed by atoms with van der Waals surface area (Å²) >= 11 is 0. The molecule has 1 aromatic heterocycles. The number of nitrogens with one attached hydrogen (secondary N) is 1. The Morgan fingerprint density at radius 1 is 1.03 bits per heavy atom. The SMILES string of the molecule is NC(=O)c1nc(Cc2cccc(C(=O)NCc3cc(F)cc(F)c3)c2)cnc1N. The van der Waals surface area contributed by atoms with Crippen LogP contribution in [0.3, 0.4) is 0 Å². The van der Waals surface area contributed by atoms with Crippen LogP contribution in [-0.2, 0) is 13.0 Å². The second-order valence-electron chi connectivity index (χ2n) is 6.30. The van der Waals surface area contributed by atoms with E-state index >= 15 is 0 Å². The van der Waals surface area contributed by atoms with Gasteiger partial charge in [-0.1, -0.05) is 12.1 Å². The molecular weight excluding hydrogens is 380 g/mol. The molecule has 3 aromatic rings. The van der Waals surface area contributed by atoms with E-state index in [1.54, 1.807) is 24.3 Å². The van der Waals surface area contributed by atoms with Crippen molar-refractivity contribution < 1.29 is 18.4 Å². The van der Waals surface area contributed by atoms with Gasteiger partial charge < -0.3 is 16.8 Å². The van der Waals surface area contributed by atoms with E-state index < -0.39 is 23.4 Å². The Morgan fingerprint density at radius 2 is 1.76 bits per heavy atom. The van der Waals surface area contributed by atoms with Crippen LogP contribution < -0.4 is 16.8 Å². The van der Waals surface area contributed by atoms with Gasteiger partial charge in [0.25, 0.3) is 11.8 Å². The molecule has 0 aliphatic carbocycles. The fraction of sp³-hybridized carbons (Fsp3) is 0.100. The highest BCUT2D eigenvalue weighted by molar-refractivity contribution is 5.95. The number of amides is 2. The van der Waals surface area contributed by atoms with Gasteiger partial charge in [0.1, 0.15) is 11.6 Å². The molecule has 7 nitrogen and oxygen atoms in total. The third-order valence-corrected chi connectivity index (χ3v) is 4.03. The van der Waals surface area contributed by atoms with Gasteiger partial charge in [-0.3, -0.25) is 9.59 Å². The number of halogens is 2. The molecule has 0 unspecified atom stereocenters. The van der Waals surface area contributed by atoms with E-state index in [2.05, 4.69) is 15.3 Å². The monoisotopic (exact) mass is 397 g/mol. The first-order chi connectivity index (χ1) is 13.8. The van der Waals surface area contributed by atoms with Gasteiger partial charge in [-0.2, -0.15) is 0 Å². The van der Waals surface area contributed by atoms with E-state index in [0.29, 0.717) is 23.2 Å². The molecule has 0 saturated carbocycles. The molecule has 0 fully saturated rings. The van der Waals surface area contributed by atoms with Crippen molar-refractivity contribution in [2.75, 3.05) is 5.73 Å². The van der Waals surface area contributed by atoms with Crippen LogP contribution in [0.15, 0.2) is 48.7 Å². The number of hydrogen-bond acceptors (Lipinski definition) is 5. The predicted octanol–water partition coefficient (Wildman–Crippen LogP) is 1.96. The average molecular weight is 397 g/mol. The number of anilines is 1. The topological polar surface area (TPSA) is 124 Å². The molecule has 2 amide bonds. The summed E-state index contributed by atoms with van der Waals surface area (Å²) in [7, 11) is 0. The van der Waals surface area contributed by atoms with Crippen molar-refractivity contribution in [3.8, 4) is 0 Å². The largest absolute Gasteiger partial charge is 0.382 e. The van der Waals surface area contributed by atoms with Gasteiger partial charge in [0.05, 0.1) is 11.9 Å². The molecule has 0 aliphatic heterocycles. The number of benzene rings is 2. The van der Waals surface area contributed by atoms with Crippen LogP contribution in [-0.4, -0.2) is 21.8 Å². The van der Waals surface area contributed by atoms with Crippen molar-refractivity contribution in [2.45, 2.75) is 13.0 Å². The Hall–Kier alpha value is -3.88. The lowest BCUT2D eigenvalue weighted by Gasteiger charge is -2.08. The van der Waals surface area contributed by atoms with Crippen molar-refractivity contribution in [1.29, 1.82) is 0 Å². The minimum absolute atomic E-state index is 0.0247. The van der Waals surface area contributed by atoms with Crippen molar-refractivity contribution in [2.24, 2.45) is 5.73 Å². The van der Waals surface area contributed by atoms with E-state index in [1.165, 1.54) is 6.20 Å². The highest BCUT2D eigenvalue weighted by atomic mass is 19.1. The first-order valence-electron chi connectivity index (χ1n) is 8.55. The zero-order chi connectivity index (χ0) is 21.0. The summed E-state index contributed by atoms with van der Waals surface area (Å²) in [6, 6.07) is 9.77. The summed E-state index contributed by atoms with van der Waals surface area (Å²) in [5, 5.41) is 2.61. The predicted molar refractivity (Wildman–Crippen MR) is 102 cm³/mol. The number of nitrogens with zero attached hydrogens (tertiary/aromatic N) is 2. The Kier molecular flexibility index (Phi) is 5.77. The summed E-state index contributed by atoms with van der Waals surface area (Å²) in [6.07, 6.45) is 1.72. The number of rotatable bonds is 6. The highest BCUT2D eigenvalue weighted by Gasteiger charge is 2.12. The third-order valence-electron chi connectivity index (χ3n) is 4.03. The smallest absolute Gasteiger partial charge is 0.271 e. The Labute approximate surface area is 164 Å². The molecule has 2 aromatic carbocycles. The molecule has 0 bridgehead atoms. The molecule has 29 heavy (non-hydrogen) atoms. The lowest BCUT2D eigenvalue weighted by atomic mass is 10.1. The molecule has 0 spiro atoms. The molecule has 148 valence electrons. The maximum absolute atomic E-state index is 13.2. The van der Waals surface area contributed by atoms with E-state index in [4.69, 9.17) is 11.5 Å². The summed E-state index contributed by atoms with van der Waals surface area (Å²) < 4.78 is 26.5. The van der Waals surface area contributed by atoms with Gasteiger partial charge in [-0.05, 0) is 35.4 Å². The van der Waals surface area contributed by atoms with Gasteiger partial charge in [0, 0.05) is 24.6 Å². The van der Waals surface area contributed by atoms with Crippen LogP contribution in [0.25, 0.3) is 0 Å². The summed E-state index contributed by atoms with van der Waals surface area (Å²) in [5.41, 5.74) is 12.5. The second kappa shape index (κ2) is 8.42. The van der Waals surface area contributed by atoms with Gasteiger partial charge >= 0.3 is 0 Å². The molecule has 5 N–H and O–H groups in total. The number of nitrogen functional groups attached to an aromatic ring is 1. The lowest BCUT2D eigenvalue weighted by molar-refractivity contribution is 0.0949. The van der Waals surface area contributed by atoms with E-state index in [1.807, 2.05) is 0 Å². The number of aromatic nitrogens is 2. The Balaban J connectivity index is 1.71. The van der Waals surface area contributed by atoms with Crippen LogP contribution in [0.1, 0.15) is 37.7 Å². The number of carbonyl (C=O) groups excluding carboxylic acids is 2. The van der Waals surface area contributed by atoms with Crippen LogP contribution in [0, 0.1) is 11.6 Å². The fourth-order valence-corrected chi connectivity index (χ4v) is 2.73. The van der Waals surface area contributed by atoms with Crippen molar-refractivity contribution in [1.82, 2.24) is 15.3 Å². The standard InChI is InChI=1S/C20H17F2N5O2/c21-14-5-12(6-15(22)8-14)9-26-20(29)13-3-1-2-11(4-13)7-16-10-25-18(23)17(27-16)19(24)28/h1-6,8,10H,7,9H2,(H2,23,25)(H2,24,28)(H,26,29). The molecule has 0 atom stereocenters. The molecule has 1 heterocycles. The summed E-state index contributed by atoms with van der Waals surface area (Å²) in [5.74, 6) is -2.66.